The van der Waals surface area contributed by atoms with Gasteiger partial charge >= 0.3 is 0 Å². The van der Waals surface area contributed by atoms with E-state index in [1.807, 2.05) is 0 Å². The molecule has 20 heavy (non-hydrogen) atoms. The Kier molecular flexibility index (Phi) is 3.23. The third kappa shape index (κ3) is 3.53. The first kappa shape index (κ1) is 9.80. The summed E-state index contributed by atoms with van der Waals surface area (Å²) in [7, 11) is 4.84. The molecule has 0 amide bonds. The fraction of sp³-hybridized carbons (Fsp3) is 0.647. The Morgan fingerprint density at radius 2 is 1.90 bits per heavy atom. The smallest absolute Gasteiger partial charge is 0.118 e. The molecule has 1 aromatic carbocycles. The summed E-state index contributed by atoms with van der Waals surface area (Å²) in [5, 5.41) is 11.3. The van der Waals surface area contributed by atoms with Crippen LogP contribution in [0.2, 0.25) is 0 Å². The zero-order chi connectivity index (χ0) is 19.0. The number of benzene rings is 1. The summed E-state index contributed by atoms with van der Waals surface area (Å²) in [4.78, 5) is 1.75. The first-order valence-electron chi connectivity index (χ1n) is 9.61. The lowest BCUT2D eigenvalue weighted by Gasteiger charge is -2.40. The lowest BCUT2D eigenvalue weighted by Crippen LogP contribution is -2.42. The molecule has 0 aliphatic heterocycles. The van der Waals surface area contributed by atoms with Crippen LogP contribution in [0, 0.1) is 0 Å². The van der Waals surface area contributed by atoms with E-state index in [1.54, 1.807) is 19.0 Å². The van der Waals surface area contributed by atoms with Crippen molar-refractivity contribution in [2.24, 2.45) is 0 Å². The summed E-state index contributed by atoms with van der Waals surface area (Å²) < 4.78 is 47.1. The zero-order valence-electron chi connectivity index (χ0n) is 17.5. The third-order valence-electron chi connectivity index (χ3n) is 3.82. The van der Waals surface area contributed by atoms with Crippen LogP contribution in [-0.4, -0.2) is 43.4 Å². The van der Waals surface area contributed by atoms with Crippen molar-refractivity contribution in [3.05, 3.63) is 29.7 Å². The summed E-state index contributed by atoms with van der Waals surface area (Å²) in [6.45, 7) is 0.104. The Bertz CT molecular complexity index is 617. The molecule has 1 fully saturated rings. The van der Waals surface area contributed by atoms with Crippen molar-refractivity contribution >= 4 is 0 Å². The van der Waals surface area contributed by atoms with Gasteiger partial charge in [0.1, 0.15) is 5.75 Å². The lowest BCUT2D eigenvalue weighted by atomic mass is 9.72. The van der Waals surface area contributed by atoms with Gasteiger partial charge in [0.25, 0.3) is 0 Å². The topological polar surface area (TPSA) is 32.7 Å². The number of hydrogen-bond donors (Lipinski definition) is 1. The van der Waals surface area contributed by atoms with Gasteiger partial charge in [-0.25, -0.2) is 0 Å². The zero-order valence-corrected chi connectivity index (χ0v) is 12.5. The molecular formula is C17H27NO2. The van der Waals surface area contributed by atoms with E-state index in [2.05, 4.69) is 0 Å². The predicted molar refractivity (Wildman–Crippen MR) is 82.3 cm³/mol. The van der Waals surface area contributed by atoms with Crippen LogP contribution in [0.5, 0.6) is 5.75 Å². The molecule has 2 rings (SSSR count). The summed E-state index contributed by atoms with van der Waals surface area (Å²) >= 11 is 0. The van der Waals surface area contributed by atoms with Gasteiger partial charge in [0.15, 0.2) is 0 Å². The predicted octanol–water partition coefficient (Wildman–Crippen LogP) is 3.04. The van der Waals surface area contributed by atoms with Gasteiger partial charge in [-0.1, -0.05) is 31.3 Å². The van der Waals surface area contributed by atoms with Crippen molar-refractivity contribution in [2.75, 3.05) is 27.7 Å². The highest BCUT2D eigenvalue weighted by molar-refractivity contribution is 5.31. The molecule has 3 heteroatoms. The molecule has 0 spiro atoms. The molecule has 1 atom stereocenters. The van der Waals surface area contributed by atoms with Crippen molar-refractivity contribution in [3.8, 4) is 5.75 Å². The molecule has 3 nitrogen and oxygen atoms in total. The molecule has 1 N–H and O–H groups in total. The maximum Gasteiger partial charge on any atom is 0.118 e. The summed E-state index contributed by atoms with van der Waals surface area (Å²) in [5.74, 6) is -1.80. The van der Waals surface area contributed by atoms with Gasteiger partial charge in [0, 0.05) is 13.8 Å². The molecule has 0 saturated heterocycles. The number of nitrogens with zero attached hydrogens (tertiary/aromatic N) is 1. The molecule has 112 valence electrons. The summed E-state index contributed by atoms with van der Waals surface area (Å²) in [5.41, 5.74) is -1.45. The number of hydrogen-bond acceptors (Lipinski definition) is 3. The van der Waals surface area contributed by atoms with Crippen molar-refractivity contribution in [2.45, 2.75) is 43.6 Å². The molecule has 1 aliphatic rings. The van der Waals surface area contributed by atoms with E-state index < -0.39 is 11.5 Å². The number of ether oxygens (including phenoxy) is 1. The van der Waals surface area contributed by atoms with E-state index in [1.165, 1.54) is 7.11 Å². The van der Waals surface area contributed by atoms with E-state index in [9.17, 15) is 5.11 Å². The number of aliphatic hydroxyl groups is 1. The second kappa shape index (κ2) is 6.59. The molecule has 0 aromatic heterocycles. The van der Waals surface area contributed by atoms with E-state index in [4.69, 9.17) is 11.6 Å². The first-order chi connectivity index (χ1) is 11.6. The highest BCUT2D eigenvalue weighted by Gasteiger charge is 2.38. The number of methoxy groups -OCH3 is 1. The van der Waals surface area contributed by atoms with E-state index in [-0.39, 0.29) is 42.0 Å². The van der Waals surface area contributed by atoms with Gasteiger partial charge in [-0.2, -0.15) is 0 Å². The normalized spacial score (nSPS) is 24.9. The monoisotopic (exact) mass is 282 g/mol. The molecule has 1 unspecified atom stereocenters. The van der Waals surface area contributed by atoms with Crippen LogP contribution in [0.4, 0.5) is 0 Å². The first-order valence-corrected chi connectivity index (χ1v) is 7.11. The van der Waals surface area contributed by atoms with Crippen molar-refractivity contribution in [1.29, 1.82) is 0 Å². The standard InChI is InChI=1S/C17H27NO2/c1-18(2)13-16(17(19)11-5-4-6-12-17)14-7-9-15(20-3)10-8-14/h7-10,16,19H,4-6,11-13H2,1-3H3/i7D,8D,9D,10D,16D. The average molecular weight is 282 g/mol. The summed E-state index contributed by atoms with van der Waals surface area (Å²) in [6, 6.07) is -1.25. The van der Waals surface area contributed by atoms with Gasteiger partial charge < -0.3 is 14.7 Å². The van der Waals surface area contributed by atoms with Gasteiger partial charge in [0.05, 0.1) is 18.2 Å². The maximum absolute atomic E-state index is 11.3. The van der Waals surface area contributed by atoms with Crippen molar-refractivity contribution in [3.63, 3.8) is 0 Å². The highest BCUT2D eigenvalue weighted by atomic mass is 16.5. The van der Waals surface area contributed by atoms with Crippen LogP contribution < -0.4 is 4.74 Å². The van der Waals surface area contributed by atoms with Crippen LogP contribution >= 0.6 is 0 Å². The largest absolute Gasteiger partial charge is 0.497 e. The molecule has 0 heterocycles. The number of likely N-dealkylation sites (N-methyl/N-ethyl adjacent to an activating group) is 1. The fourth-order valence-electron chi connectivity index (χ4n) is 2.77. The van der Waals surface area contributed by atoms with Gasteiger partial charge in [0.2, 0.25) is 0 Å². The highest BCUT2D eigenvalue weighted by Crippen LogP contribution is 2.40. The van der Waals surface area contributed by atoms with E-state index in [0.29, 0.717) is 12.8 Å². The van der Waals surface area contributed by atoms with Crippen molar-refractivity contribution < 1.29 is 16.7 Å². The van der Waals surface area contributed by atoms with Crippen molar-refractivity contribution in [1.82, 2.24) is 4.90 Å². The van der Waals surface area contributed by atoms with Crippen LogP contribution in [-0.2, 0) is 0 Å². The molecular weight excluding hydrogens is 250 g/mol. The van der Waals surface area contributed by atoms with Gasteiger partial charge in [-0.15, -0.1) is 0 Å². The molecule has 1 saturated carbocycles. The SMILES string of the molecule is [2H]c1c([2H])c(C([2H])(CN(C)C)C2(O)CCCCC2)c([2H])c([2H])c1OC. The van der Waals surface area contributed by atoms with Crippen LogP contribution in [0.25, 0.3) is 0 Å². The van der Waals surface area contributed by atoms with Crippen LogP contribution in [0.3, 0.4) is 0 Å². The quantitative estimate of drug-likeness (QED) is 0.901. The Morgan fingerprint density at radius 3 is 2.40 bits per heavy atom. The average Bonchev–Trinajstić information content (AvgIpc) is 2.53. The Labute approximate surface area is 129 Å². The minimum atomic E-state index is -1.66. The number of rotatable bonds is 5. The van der Waals surface area contributed by atoms with E-state index in [0.717, 1.165) is 19.3 Å². The second-order valence-corrected chi connectivity index (χ2v) is 5.72. The van der Waals surface area contributed by atoms with Crippen LogP contribution in [0.15, 0.2) is 24.2 Å². The molecule has 0 radical (unpaired) electrons. The minimum Gasteiger partial charge on any atom is -0.497 e. The molecule has 1 aromatic rings. The maximum atomic E-state index is 11.3. The van der Waals surface area contributed by atoms with E-state index >= 15 is 0 Å². The van der Waals surface area contributed by atoms with Crippen LogP contribution in [0.1, 0.15) is 50.4 Å². The summed E-state index contributed by atoms with van der Waals surface area (Å²) in [6.07, 6.45) is 3.37. The van der Waals surface area contributed by atoms with Gasteiger partial charge in [-0.3, -0.25) is 0 Å². The second-order valence-electron chi connectivity index (χ2n) is 5.72. The van der Waals surface area contributed by atoms with Gasteiger partial charge in [-0.05, 0) is 44.6 Å². The fourth-order valence-corrected chi connectivity index (χ4v) is 2.77. The Hall–Kier alpha value is -1.06. The molecule has 0 bridgehead atoms. The molecule has 1 aliphatic carbocycles. The Balaban J connectivity index is 2.75. The third-order valence-corrected chi connectivity index (χ3v) is 3.82. The Morgan fingerprint density at radius 1 is 1.30 bits per heavy atom. The lowest BCUT2D eigenvalue weighted by molar-refractivity contribution is -0.0277. The minimum absolute atomic E-state index is 0.0543.